The minimum Gasteiger partial charge on any atom is -0.289 e. The second-order valence-electron chi connectivity index (χ2n) is 36.3. The number of fused-ring (bicyclic) bond motifs is 4. The van der Waals surface area contributed by atoms with E-state index in [4.69, 9.17) is 6.42 Å². The Morgan fingerprint density at radius 3 is 0.976 bits per heavy atom. The maximum atomic E-state index is 14.9. The second kappa shape index (κ2) is 52.2. The normalized spacial score (nSPS) is 14.3. The minimum absolute atomic E-state index is 0.0438. The number of hydrogen-bond donors (Lipinski definition) is 0. The van der Waals surface area contributed by atoms with Gasteiger partial charge in [0.15, 0.2) is 11.6 Å². The Morgan fingerprint density at radius 1 is 0.339 bits per heavy atom. The van der Waals surface area contributed by atoms with Crippen molar-refractivity contribution in [1.82, 2.24) is 0 Å². The predicted molar refractivity (Wildman–Crippen MR) is 545 cm³/mol. The molecule has 0 saturated heterocycles. The van der Waals surface area contributed by atoms with Gasteiger partial charge in [-0.1, -0.05) is 392 Å². The molecule has 658 valence electrons. The molecule has 0 spiro atoms. The highest BCUT2D eigenvalue weighted by Gasteiger charge is 2.36. The van der Waals surface area contributed by atoms with Crippen LogP contribution in [0.25, 0.3) is 83.9 Å². The van der Waals surface area contributed by atoms with Crippen LogP contribution >= 0.6 is 68.0 Å². The molecule has 11 heteroatoms. The number of Topliss-reactive ketones (excluding diaryl/α,β-unsaturated/α-hetero) is 2. The topological polar surface area (TPSA) is 106 Å². The molecular weight excluding hydrogens is 1620 g/mol. The van der Waals surface area contributed by atoms with Crippen molar-refractivity contribution < 1.29 is 9.59 Å². The SMILES string of the molecule is C#C/C(C#N)=C1/C(=C/c2cc(CC(CC)CCCC)c(-c3cc4c(-c5ccc(CC(CCCCCCCCCC)CCCCCCCCCC)s5)c5sc(-c6sc(/C=C7\C(=O)c8ccccc8C7=C(C#N)C#N)cc6CC(CC)CCCC)cc5c(-c5ccc(CC(CCCCCCCCCC)CCCCCCCCCC)s5)c4s3)s2)C(=O)c2ccccc21. The monoisotopic (exact) mass is 1770 g/mol. The Kier molecular flexibility index (Phi) is 41.0. The van der Waals surface area contributed by atoms with Crippen LogP contribution in [0.15, 0.2) is 119 Å². The van der Waals surface area contributed by atoms with E-state index in [9.17, 15) is 25.4 Å². The van der Waals surface area contributed by atoms with Gasteiger partial charge in [0.2, 0.25) is 0 Å². The number of ketones is 2. The van der Waals surface area contributed by atoms with Crippen molar-refractivity contribution in [1.29, 1.82) is 15.8 Å². The number of allylic oxidation sites excluding steroid dienone is 6. The smallest absolute Gasteiger partial charge is 0.194 e. The molecule has 0 aliphatic heterocycles. The molecule has 0 radical (unpaired) electrons. The summed E-state index contributed by atoms with van der Waals surface area (Å²) in [6, 6.07) is 41.7. The highest BCUT2D eigenvalue weighted by molar-refractivity contribution is 7.29. The summed E-state index contributed by atoms with van der Waals surface area (Å²) < 4.78 is 2.62. The maximum absolute atomic E-state index is 14.9. The molecule has 0 N–H and O–H groups in total. The average Bonchev–Trinajstić information content (AvgIpc) is 1.55. The molecule has 3 aromatic carbocycles. The first-order chi connectivity index (χ1) is 60.9. The van der Waals surface area contributed by atoms with E-state index in [-0.39, 0.29) is 22.7 Å². The number of carbonyl (C=O) groups is 2. The molecule has 2 atom stereocenters. The fourth-order valence-corrected chi connectivity index (χ4v) is 27.1. The first kappa shape index (κ1) is 97.3. The fourth-order valence-electron chi connectivity index (χ4n) is 19.5. The van der Waals surface area contributed by atoms with Crippen LogP contribution in [0.1, 0.15) is 400 Å². The first-order valence-electron chi connectivity index (χ1n) is 49.2. The lowest BCUT2D eigenvalue weighted by Gasteiger charge is -2.16. The summed E-state index contributed by atoms with van der Waals surface area (Å²) in [5.41, 5.74) is 9.70. The highest BCUT2D eigenvalue weighted by Crippen LogP contribution is 2.57. The Morgan fingerprint density at radius 2 is 0.653 bits per heavy atom. The minimum atomic E-state index is -0.152. The lowest BCUT2D eigenvalue weighted by molar-refractivity contribution is 0.103. The lowest BCUT2D eigenvalue weighted by atomic mass is 9.91. The zero-order chi connectivity index (χ0) is 87.4. The second-order valence-corrected chi connectivity index (χ2v) is 42.9. The molecule has 5 nitrogen and oxygen atoms in total. The molecular formula is C113H143N3O2S6. The molecule has 2 aliphatic rings. The van der Waals surface area contributed by atoms with Gasteiger partial charge >= 0.3 is 0 Å². The zero-order valence-corrected chi connectivity index (χ0v) is 81.7. The highest BCUT2D eigenvalue weighted by atomic mass is 32.1. The molecule has 0 bridgehead atoms. The van der Waals surface area contributed by atoms with Crippen LogP contribution in [0.4, 0.5) is 0 Å². The van der Waals surface area contributed by atoms with E-state index in [1.54, 1.807) is 22.7 Å². The summed E-state index contributed by atoms with van der Waals surface area (Å²) >= 11 is 11.6. The lowest BCUT2D eigenvalue weighted by Crippen LogP contribution is -2.04. The number of unbranched alkanes of at least 4 members (excludes halogenated alkanes) is 30. The van der Waals surface area contributed by atoms with Gasteiger partial charge in [-0.2, -0.15) is 15.8 Å². The summed E-state index contributed by atoms with van der Waals surface area (Å²) in [6.45, 7) is 18.6. The predicted octanol–water partition coefficient (Wildman–Crippen LogP) is 37.3. The number of benzene rings is 3. The van der Waals surface area contributed by atoms with Crippen molar-refractivity contribution in [2.24, 2.45) is 23.7 Å². The largest absolute Gasteiger partial charge is 0.289 e. The van der Waals surface area contributed by atoms with E-state index in [1.807, 2.05) is 100.0 Å². The Labute approximate surface area is 772 Å². The van der Waals surface area contributed by atoms with Gasteiger partial charge in [0.1, 0.15) is 29.4 Å². The summed E-state index contributed by atoms with van der Waals surface area (Å²) in [5.74, 6) is 4.62. The van der Waals surface area contributed by atoms with E-state index in [1.165, 1.54) is 319 Å². The number of nitriles is 3. The molecule has 2 aliphatic carbocycles. The van der Waals surface area contributed by atoms with E-state index >= 15 is 0 Å². The van der Waals surface area contributed by atoms with E-state index < -0.39 is 0 Å². The molecule has 0 fully saturated rings. The van der Waals surface area contributed by atoms with Crippen LogP contribution < -0.4 is 0 Å². The van der Waals surface area contributed by atoms with Crippen molar-refractivity contribution in [3.8, 4) is 70.9 Å². The molecule has 0 saturated carbocycles. The summed E-state index contributed by atoms with van der Waals surface area (Å²) in [4.78, 5) is 42.2. The number of terminal acetylenes is 1. The van der Waals surface area contributed by atoms with Crippen molar-refractivity contribution in [3.05, 3.63) is 172 Å². The number of carbonyl (C=O) groups excluding carboxylic acids is 2. The molecule has 6 heterocycles. The number of rotatable bonds is 58. The molecule has 11 rings (SSSR count). The van der Waals surface area contributed by atoms with Crippen LogP contribution in [0.2, 0.25) is 0 Å². The molecule has 124 heavy (non-hydrogen) atoms. The zero-order valence-electron chi connectivity index (χ0n) is 76.8. The van der Waals surface area contributed by atoms with Crippen LogP contribution in [0.5, 0.6) is 0 Å². The van der Waals surface area contributed by atoms with Gasteiger partial charge in [0, 0.05) is 113 Å². The van der Waals surface area contributed by atoms with Gasteiger partial charge in [-0.3, -0.25) is 9.59 Å². The van der Waals surface area contributed by atoms with Crippen LogP contribution in [-0.4, -0.2) is 11.6 Å². The van der Waals surface area contributed by atoms with Crippen molar-refractivity contribution in [2.45, 2.75) is 364 Å². The summed E-state index contributed by atoms with van der Waals surface area (Å²) in [7, 11) is 0. The summed E-state index contributed by atoms with van der Waals surface area (Å²) in [6.07, 6.45) is 71.0. The quantitative estimate of drug-likeness (QED) is 0.0163. The molecule has 0 amide bonds. The molecule has 6 aromatic heterocycles. The fraction of sp³-hybridized carbons (Fsp3) is 0.531. The van der Waals surface area contributed by atoms with Gasteiger partial charge in [-0.15, -0.1) is 74.4 Å². The molecule has 2 unspecified atom stereocenters. The van der Waals surface area contributed by atoms with Gasteiger partial charge in [0.05, 0.1) is 0 Å². The first-order valence-corrected chi connectivity index (χ1v) is 54.1. The van der Waals surface area contributed by atoms with Gasteiger partial charge in [-0.05, 0) is 132 Å². The van der Waals surface area contributed by atoms with Crippen molar-refractivity contribution in [2.75, 3.05) is 0 Å². The van der Waals surface area contributed by atoms with Crippen molar-refractivity contribution in [3.63, 3.8) is 0 Å². The average molecular weight is 1770 g/mol. The third kappa shape index (κ3) is 26.5. The third-order valence-corrected chi connectivity index (χ3v) is 34.0. The van der Waals surface area contributed by atoms with Gasteiger partial charge < -0.3 is 0 Å². The number of thiophene rings is 6. The Bertz CT molecular complexity index is 4770. The maximum Gasteiger partial charge on any atom is 0.194 e. The Hall–Kier alpha value is -7.29. The number of nitrogens with zero attached hydrogens (tertiary/aromatic N) is 3. The number of hydrogen-bond acceptors (Lipinski definition) is 11. The molecule has 9 aromatic rings. The standard InChI is InChI=1S/C113H143N3O2S6/c1-10-19-25-29-33-37-41-45-55-82(56-46-42-38-34-30-26-20-11-2)69-88-63-65-100(119-88)106-98-75-102(110-85(67-80(16-7)53-23-14-5)71-90(121-110)73-96-104(84(18-9)77-114)92-59-49-51-61-94(92)108(96)117)123-112(98)107(101-66-64-89(120-101)70-83(57-47-43-39-35-31-27-21-12-3)58-48-44-40-36-32-28-22-13-4)99-76-103(124-113(99)106)111-86(68-81(17-8)54-24-15-6)72-91(122-111)74-97-105(87(78-115)79-116)93-60-50-52-62-95(93)109(97)118/h9,49-52,59-66,71-76,80-83H,10-17,19-48,53-58,67-70H2,1-8H3/b96-73-,97-74-,104-84-. The van der Waals surface area contributed by atoms with Crippen LogP contribution in [-0.2, 0) is 25.7 Å². The van der Waals surface area contributed by atoms with Crippen LogP contribution in [0.3, 0.4) is 0 Å². The van der Waals surface area contributed by atoms with E-state index in [0.29, 0.717) is 62.7 Å². The van der Waals surface area contributed by atoms with Gasteiger partial charge in [-0.25, -0.2) is 0 Å². The van der Waals surface area contributed by atoms with Crippen LogP contribution in [0, 0.1) is 70.0 Å². The Balaban J connectivity index is 1.13. The third-order valence-electron chi connectivity index (χ3n) is 26.8. The van der Waals surface area contributed by atoms with E-state index in [0.717, 1.165) is 85.9 Å². The van der Waals surface area contributed by atoms with E-state index in [2.05, 4.69) is 134 Å². The summed E-state index contributed by atoms with van der Waals surface area (Å²) in [5, 5.41) is 34.4. The van der Waals surface area contributed by atoms with Crippen molar-refractivity contribution >= 4 is 123 Å². The van der Waals surface area contributed by atoms with Gasteiger partial charge in [0.25, 0.3) is 0 Å².